The molecule has 2 aromatic rings. The van der Waals surface area contributed by atoms with Crippen molar-refractivity contribution in [2.24, 2.45) is 23.7 Å². The van der Waals surface area contributed by atoms with E-state index in [1.807, 2.05) is 0 Å². The highest BCUT2D eigenvalue weighted by atomic mass is 16.3. The molecule has 4 aliphatic carbocycles. The summed E-state index contributed by atoms with van der Waals surface area (Å²) in [5, 5.41) is 25.3. The molecule has 6 nitrogen and oxygen atoms in total. The molecule has 4 aliphatic rings. The van der Waals surface area contributed by atoms with Crippen molar-refractivity contribution in [3.05, 3.63) is 71.8 Å². The van der Waals surface area contributed by atoms with E-state index in [1.165, 1.54) is 30.4 Å². The van der Waals surface area contributed by atoms with E-state index in [9.17, 15) is 19.8 Å². The summed E-state index contributed by atoms with van der Waals surface area (Å²) in [5.74, 6) is 2.73. The van der Waals surface area contributed by atoms with Crippen LogP contribution in [0.3, 0.4) is 0 Å². The highest BCUT2D eigenvalue weighted by molar-refractivity contribution is 5.79. The fraction of sp³-hybridized carbons (Fsp3) is 0.632. The molecule has 4 fully saturated rings. The third kappa shape index (κ3) is 10.4. The highest BCUT2D eigenvalue weighted by Gasteiger charge is 2.35. The summed E-state index contributed by atoms with van der Waals surface area (Å²) in [6.45, 7) is 0. The monoisotopic (exact) mass is 602 g/mol. The van der Waals surface area contributed by atoms with Crippen molar-refractivity contribution in [1.82, 2.24) is 10.6 Å². The van der Waals surface area contributed by atoms with Gasteiger partial charge in [0.1, 0.15) is 0 Å². The molecule has 6 heteroatoms. The Balaban J connectivity index is 0.000000175. The Kier molecular flexibility index (Phi) is 12.3. The van der Waals surface area contributed by atoms with E-state index in [0.29, 0.717) is 24.3 Å². The van der Waals surface area contributed by atoms with Gasteiger partial charge in [0.15, 0.2) is 0 Å². The third-order valence-corrected chi connectivity index (χ3v) is 10.6. The van der Waals surface area contributed by atoms with Crippen molar-refractivity contribution < 1.29 is 19.8 Å². The number of carbonyl (C=O) groups excluding carboxylic acids is 2. The van der Waals surface area contributed by atoms with Crippen LogP contribution in [0.5, 0.6) is 0 Å². The molecule has 4 saturated carbocycles. The van der Waals surface area contributed by atoms with Gasteiger partial charge in [-0.2, -0.15) is 0 Å². The first-order chi connectivity index (χ1) is 21.4. The minimum Gasteiger partial charge on any atom is -0.393 e. The number of carbonyl (C=O) groups is 2. The Hall–Kier alpha value is -2.70. The topological polar surface area (TPSA) is 98.7 Å². The van der Waals surface area contributed by atoms with Crippen LogP contribution in [0.25, 0.3) is 0 Å². The van der Waals surface area contributed by atoms with Gasteiger partial charge >= 0.3 is 0 Å². The van der Waals surface area contributed by atoms with Crippen molar-refractivity contribution in [2.75, 3.05) is 0 Å². The van der Waals surface area contributed by atoms with E-state index in [1.54, 1.807) is 0 Å². The fourth-order valence-electron chi connectivity index (χ4n) is 7.66. The standard InChI is InChI=1S/2C19H27NO2/c21-18-8-6-17(7-9-18)20-19(22)13-16-11-15(12-16)10-14-4-2-1-3-5-14;21-18-10-8-17(9-11-18)20-19(22)16-12-15(13-16)7-6-14-4-2-1-3-5-14/h2*1-5,15-18,21H,6-13H2,(H,20,22). The molecule has 2 aromatic carbocycles. The molecule has 0 spiro atoms. The molecule has 0 unspecified atom stereocenters. The predicted molar refractivity (Wildman–Crippen MR) is 175 cm³/mol. The van der Waals surface area contributed by atoms with Gasteiger partial charge in [-0.25, -0.2) is 0 Å². The molecule has 0 radical (unpaired) electrons. The van der Waals surface area contributed by atoms with Gasteiger partial charge in [-0.3, -0.25) is 9.59 Å². The maximum absolute atomic E-state index is 12.2. The molecule has 0 atom stereocenters. The molecular weight excluding hydrogens is 548 g/mol. The van der Waals surface area contributed by atoms with E-state index in [0.717, 1.165) is 83.0 Å². The van der Waals surface area contributed by atoms with Crippen molar-refractivity contribution in [2.45, 2.75) is 127 Å². The number of nitrogens with one attached hydrogen (secondary N) is 2. The molecule has 0 aromatic heterocycles. The number of rotatable bonds is 10. The number of benzene rings is 2. The Bertz CT molecular complexity index is 1130. The van der Waals surface area contributed by atoms with Crippen LogP contribution in [0.15, 0.2) is 60.7 Å². The van der Waals surface area contributed by atoms with Crippen molar-refractivity contribution >= 4 is 11.8 Å². The van der Waals surface area contributed by atoms with E-state index in [2.05, 4.69) is 71.3 Å². The molecule has 0 aliphatic heterocycles. The lowest BCUT2D eigenvalue weighted by atomic mass is 9.70. The molecule has 2 amide bonds. The molecule has 6 rings (SSSR count). The zero-order valence-electron chi connectivity index (χ0n) is 26.4. The molecule has 0 saturated heterocycles. The van der Waals surface area contributed by atoms with Gasteiger partial charge in [0.2, 0.25) is 11.8 Å². The second-order valence-corrected chi connectivity index (χ2v) is 14.2. The van der Waals surface area contributed by atoms with Gasteiger partial charge in [-0.15, -0.1) is 0 Å². The summed E-state index contributed by atoms with van der Waals surface area (Å²) in [5.41, 5.74) is 2.81. The minimum atomic E-state index is -0.154. The molecule has 4 N–H and O–H groups in total. The lowest BCUT2D eigenvalue weighted by Gasteiger charge is -2.36. The van der Waals surface area contributed by atoms with E-state index in [4.69, 9.17) is 0 Å². The maximum atomic E-state index is 12.2. The van der Waals surface area contributed by atoms with E-state index in [-0.39, 0.29) is 36.0 Å². The van der Waals surface area contributed by atoms with Crippen LogP contribution < -0.4 is 10.6 Å². The average Bonchev–Trinajstić information content (AvgIpc) is 2.99. The highest BCUT2D eigenvalue weighted by Crippen LogP contribution is 2.39. The van der Waals surface area contributed by atoms with Crippen LogP contribution in [0.2, 0.25) is 0 Å². The SMILES string of the molecule is O=C(CC1CC(Cc2ccccc2)C1)NC1CCC(O)CC1.O=C(NC1CCC(O)CC1)C1CC(CCc2ccccc2)C1. The first-order valence-corrected chi connectivity index (χ1v) is 17.4. The zero-order chi connectivity index (χ0) is 30.7. The normalized spacial score (nSPS) is 31.3. The Morgan fingerprint density at radius 1 is 0.614 bits per heavy atom. The van der Waals surface area contributed by atoms with Crippen LogP contribution in [0.1, 0.15) is 101 Å². The van der Waals surface area contributed by atoms with Crippen LogP contribution >= 0.6 is 0 Å². The predicted octanol–water partition coefficient (Wildman–Crippen LogP) is 6.13. The summed E-state index contributed by atoms with van der Waals surface area (Å²) >= 11 is 0. The average molecular weight is 603 g/mol. The number of hydrogen-bond donors (Lipinski definition) is 4. The lowest BCUT2D eigenvalue weighted by Crippen LogP contribution is -2.45. The molecule has 0 bridgehead atoms. The van der Waals surface area contributed by atoms with Crippen LogP contribution in [0.4, 0.5) is 0 Å². The minimum absolute atomic E-state index is 0.153. The van der Waals surface area contributed by atoms with Gasteiger partial charge < -0.3 is 20.8 Å². The largest absolute Gasteiger partial charge is 0.393 e. The summed E-state index contributed by atoms with van der Waals surface area (Å²) in [4.78, 5) is 24.3. The summed E-state index contributed by atoms with van der Waals surface area (Å²) in [7, 11) is 0. The Labute approximate surface area is 264 Å². The molecule has 0 heterocycles. The molecular formula is C38H54N2O4. The number of hydrogen-bond acceptors (Lipinski definition) is 4. The lowest BCUT2D eigenvalue weighted by molar-refractivity contribution is -0.130. The van der Waals surface area contributed by atoms with Crippen LogP contribution in [-0.2, 0) is 22.4 Å². The first kappa shape index (κ1) is 32.7. The number of aliphatic hydroxyl groups excluding tert-OH is 2. The molecule has 240 valence electrons. The smallest absolute Gasteiger partial charge is 0.223 e. The second-order valence-electron chi connectivity index (χ2n) is 14.2. The van der Waals surface area contributed by atoms with Gasteiger partial charge in [0.25, 0.3) is 0 Å². The Morgan fingerprint density at radius 2 is 1.14 bits per heavy atom. The number of aryl methyl sites for hydroxylation is 1. The summed E-state index contributed by atoms with van der Waals surface area (Å²) < 4.78 is 0. The van der Waals surface area contributed by atoms with Crippen LogP contribution in [-0.4, -0.2) is 46.3 Å². The van der Waals surface area contributed by atoms with Gasteiger partial charge in [0.05, 0.1) is 12.2 Å². The van der Waals surface area contributed by atoms with Gasteiger partial charge in [-0.1, -0.05) is 60.7 Å². The number of amides is 2. The van der Waals surface area contributed by atoms with Crippen molar-refractivity contribution in [1.29, 1.82) is 0 Å². The quantitative estimate of drug-likeness (QED) is 0.263. The van der Waals surface area contributed by atoms with E-state index < -0.39 is 0 Å². The van der Waals surface area contributed by atoms with Crippen LogP contribution in [0, 0.1) is 23.7 Å². The third-order valence-electron chi connectivity index (χ3n) is 10.6. The Morgan fingerprint density at radius 3 is 1.70 bits per heavy atom. The van der Waals surface area contributed by atoms with Gasteiger partial charge in [-0.05, 0) is 125 Å². The number of aliphatic hydroxyl groups is 2. The van der Waals surface area contributed by atoms with Crippen molar-refractivity contribution in [3.63, 3.8) is 0 Å². The van der Waals surface area contributed by atoms with Gasteiger partial charge in [0, 0.05) is 24.4 Å². The fourth-order valence-corrected chi connectivity index (χ4v) is 7.66. The maximum Gasteiger partial charge on any atom is 0.223 e. The second kappa shape index (κ2) is 16.6. The van der Waals surface area contributed by atoms with Crippen molar-refractivity contribution in [3.8, 4) is 0 Å². The molecule has 44 heavy (non-hydrogen) atoms. The summed E-state index contributed by atoms with van der Waals surface area (Å²) in [6.07, 6.45) is 15.3. The summed E-state index contributed by atoms with van der Waals surface area (Å²) in [6, 6.07) is 21.8. The first-order valence-electron chi connectivity index (χ1n) is 17.4. The zero-order valence-corrected chi connectivity index (χ0v) is 26.4. The van der Waals surface area contributed by atoms with E-state index >= 15 is 0 Å².